The summed E-state index contributed by atoms with van der Waals surface area (Å²) in [6.45, 7) is 0.0594. The lowest BCUT2D eigenvalue weighted by molar-refractivity contribution is -0.138. The lowest BCUT2D eigenvalue weighted by Crippen LogP contribution is -2.29. The van der Waals surface area contributed by atoms with Crippen LogP contribution in [0.2, 0.25) is 0 Å². The van der Waals surface area contributed by atoms with Gasteiger partial charge >= 0.3 is 12.1 Å². The Bertz CT molecular complexity index is 762. The number of carboxylic acid groups (broad SMARTS) is 1. The number of thioether (sulfide) groups is 1. The number of carbonyl (C=O) groups is 2. The number of rotatable bonds is 5. The van der Waals surface area contributed by atoms with E-state index in [1.807, 2.05) is 0 Å². The average molecular weight is 393 g/mol. The Morgan fingerprint density at radius 3 is 2.64 bits per heavy atom. The number of benzene rings is 1. The first-order chi connectivity index (χ1) is 11.6. The van der Waals surface area contributed by atoms with Gasteiger partial charge in [0.15, 0.2) is 0 Å². The first kappa shape index (κ1) is 19.4. The quantitative estimate of drug-likeness (QED) is 0.467. The highest BCUT2D eigenvalue weighted by Crippen LogP contribution is 2.37. The maximum absolute atomic E-state index is 13.1. The number of hydrogen-bond acceptors (Lipinski definition) is 4. The van der Waals surface area contributed by atoms with Crippen LogP contribution in [0.4, 0.5) is 17.6 Å². The molecule has 1 N–H and O–H groups in total. The monoisotopic (exact) mass is 393 g/mol. The molecule has 0 atom stereocenters. The van der Waals surface area contributed by atoms with E-state index < -0.39 is 29.4 Å². The molecule has 0 spiro atoms. The second-order valence-electron chi connectivity index (χ2n) is 5.06. The summed E-state index contributed by atoms with van der Waals surface area (Å²) in [6, 6.07) is 2.17. The fourth-order valence-electron chi connectivity index (χ4n) is 2.12. The van der Waals surface area contributed by atoms with Crippen LogP contribution in [0.3, 0.4) is 0 Å². The Balaban J connectivity index is 2.27. The second kappa shape index (κ2) is 7.52. The van der Waals surface area contributed by atoms with Gasteiger partial charge in [0.1, 0.15) is 10.1 Å². The van der Waals surface area contributed by atoms with Crippen LogP contribution in [-0.2, 0) is 15.8 Å². The van der Waals surface area contributed by atoms with Crippen molar-refractivity contribution in [2.75, 3.05) is 6.54 Å². The molecule has 1 aliphatic heterocycles. The predicted molar refractivity (Wildman–Crippen MR) is 88.2 cm³/mol. The number of carbonyl (C=O) groups excluding carboxylic acids is 1. The SMILES string of the molecule is O=C(O)CCCN1C(=O)/C(=C/c2ccc(F)cc2C(F)(F)F)SC1=S. The Kier molecular flexibility index (Phi) is 5.83. The van der Waals surface area contributed by atoms with Crippen molar-refractivity contribution in [3.63, 3.8) is 0 Å². The van der Waals surface area contributed by atoms with Gasteiger partial charge in [-0.15, -0.1) is 0 Å². The molecule has 1 aliphatic rings. The Labute approximate surface area is 149 Å². The number of halogens is 4. The van der Waals surface area contributed by atoms with Crippen LogP contribution in [0.15, 0.2) is 23.1 Å². The predicted octanol–water partition coefficient (Wildman–Crippen LogP) is 3.91. The van der Waals surface area contributed by atoms with E-state index in [1.165, 1.54) is 0 Å². The van der Waals surface area contributed by atoms with Gasteiger partial charge in [0, 0.05) is 13.0 Å². The maximum Gasteiger partial charge on any atom is 0.417 e. The van der Waals surface area contributed by atoms with Crippen LogP contribution in [0.25, 0.3) is 6.08 Å². The Hall–Kier alpha value is -1.94. The van der Waals surface area contributed by atoms with Crippen molar-refractivity contribution in [2.45, 2.75) is 19.0 Å². The second-order valence-corrected chi connectivity index (χ2v) is 6.74. The number of hydrogen-bond donors (Lipinski definition) is 1. The summed E-state index contributed by atoms with van der Waals surface area (Å²) in [6.07, 6.45) is -3.76. The summed E-state index contributed by atoms with van der Waals surface area (Å²) in [4.78, 5) is 23.9. The van der Waals surface area contributed by atoms with Gasteiger partial charge in [0.2, 0.25) is 0 Å². The van der Waals surface area contributed by atoms with Gasteiger partial charge in [-0.3, -0.25) is 14.5 Å². The number of thiocarbonyl (C=S) groups is 1. The molecule has 0 saturated carbocycles. The molecule has 1 heterocycles. The zero-order chi connectivity index (χ0) is 18.8. The van der Waals surface area contributed by atoms with Crippen molar-refractivity contribution in [3.05, 3.63) is 40.0 Å². The highest BCUT2D eigenvalue weighted by atomic mass is 32.2. The molecule has 25 heavy (non-hydrogen) atoms. The van der Waals surface area contributed by atoms with Crippen LogP contribution >= 0.6 is 24.0 Å². The van der Waals surface area contributed by atoms with E-state index in [9.17, 15) is 27.2 Å². The molecule has 4 nitrogen and oxygen atoms in total. The molecular weight excluding hydrogens is 382 g/mol. The zero-order valence-corrected chi connectivity index (χ0v) is 14.1. The smallest absolute Gasteiger partial charge is 0.417 e. The maximum atomic E-state index is 13.1. The number of alkyl halides is 3. The largest absolute Gasteiger partial charge is 0.481 e. The van der Waals surface area contributed by atoms with Gasteiger partial charge in [-0.1, -0.05) is 30.0 Å². The molecule has 0 bridgehead atoms. The van der Waals surface area contributed by atoms with E-state index in [0.29, 0.717) is 6.07 Å². The molecule has 2 rings (SSSR count). The molecule has 1 fully saturated rings. The average Bonchev–Trinajstić information content (AvgIpc) is 2.75. The fraction of sp³-hybridized carbons (Fsp3) is 0.267. The zero-order valence-electron chi connectivity index (χ0n) is 12.5. The molecular formula is C15H11F4NO3S2. The summed E-state index contributed by atoms with van der Waals surface area (Å²) in [5.41, 5.74) is -1.54. The molecule has 1 saturated heterocycles. The minimum absolute atomic E-state index is 0.0302. The lowest BCUT2D eigenvalue weighted by atomic mass is 10.1. The molecule has 0 aromatic heterocycles. The number of nitrogens with zero attached hydrogens (tertiary/aromatic N) is 1. The summed E-state index contributed by atoms with van der Waals surface area (Å²) in [7, 11) is 0. The number of amides is 1. The van der Waals surface area contributed by atoms with E-state index in [-0.39, 0.29) is 34.2 Å². The molecule has 1 aromatic carbocycles. The van der Waals surface area contributed by atoms with E-state index in [1.54, 1.807) is 0 Å². The van der Waals surface area contributed by atoms with E-state index in [4.69, 9.17) is 17.3 Å². The lowest BCUT2D eigenvalue weighted by Gasteiger charge is -2.13. The van der Waals surface area contributed by atoms with Crippen molar-refractivity contribution in [1.82, 2.24) is 4.90 Å². The van der Waals surface area contributed by atoms with E-state index in [0.717, 1.165) is 34.9 Å². The topological polar surface area (TPSA) is 57.6 Å². The molecule has 0 radical (unpaired) electrons. The van der Waals surface area contributed by atoms with Crippen molar-refractivity contribution in [3.8, 4) is 0 Å². The summed E-state index contributed by atoms with van der Waals surface area (Å²) < 4.78 is 52.3. The van der Waals surface area contributed by atoms with Gasteiger partial charge in [-0.25, -0.2) is 4.39 Å². The first-order valence-corrected chi connectivity index (χ1v) is 8.16. The van der Waals surface area contributed by atoms with Crippen molar-refractivity contribution in [1.29, 1.82) is 0 Å². The van der Waals surface area contributed by atoms with Gasteiger partial charge in [-0.2, -0.15) is 13.2 Å². The summed E-state index contributed by atoms with van der Waals surface area (Å²) in [5, 5.41) is 8.61. The standard InChI is InChI=1S/C15H11F4NO3S2/c16-9-4-3-8(10(7-9)15(17,18)19)6-11-13(23)20(14(24)25-11)5-1-2-12(21)22/h3-4,6-7H,1-2,5H2,(H,21,22)/b11-6-. The third-order valence-electron chi connectivity index (χ3n) is 3.25. The minimum atomic E-state index is -4.78. The van der Waals surface area contributed by atoms with Gasteiger partial charge < -0.3 is 5.11 Å². The van der Waals surface area contributed by atoms with Crippen molar-refractivity contribution >= 4 is 46.3 Å². The Morgan fingerprint density at radius 2 is 2.04 bits per heavy atom. The van der Waals surface area contributed by atoms with Crippen LogP contribution < -0.4 is 0 Å². The summed E-state index contributed by atoms with van der Waals surface area (Å²) in [5.74, 6) is -2.66. The first-order valence-electron chi connectivity index (χ1n) is 6.93. The Morgan fingerprint density at radius 1 is 1.36 bits per heavy atom. The highest BCUT2D eigenvalue weighted by molar-refractivity contribution is 8.26. The summed E-state index contributed by atoms with van der Waals surface area (Å²) >= 11 is 5.83. The molecule has 1 amide bonds. The number of aliphatic carboxylic acids is 1. The number of carboxylic acids is 1. The molecule has 1 aromatic rings. The molecule has 0 unspecified atom stereocenters. The normalized spacial score (nSPS) is 16.8. The van der Waals surface area contributed by atoms with Crippen LogP contribution in [0.5, 0.6) is 0 Å². The molecule has 0 aliphatic carbocycles. The van der Waals surface area contributed by atoms with Gasteiger partial charge in [0.05, 0.1) is 10.5 Å². The van der Waals surface area contributed by atoms with E-state index >= 15 is 0 Å². The highest BCUT2D eigenvalue weighted by Gasteiger charge is 2.35. The van der Waals surface area contributed by atoms with Crippen LogP contribution in [0.1, 0.15) is 24.0 Å². The van der Waals surface area contributed by atoms with Crippen molar-refractivity contribution < 1.29 is 32.3 Å². The molecule has 10 heteroatoms. The molecule has 134 valence electrons. The minimum Gasteiger partial charge on any atom is -0.481 e. The van der Waals surface area contributed by atoms with Gasteiger partial charge in [-0.05, 0) is 30.2 Å². The third-order valence-corrected chi connectivity index (χ3v) is 4.63. The third kappa shape index (κ3) is 4.79. The van der Waals surface area contributed by atoms with Gasteiger partial charge in [0.25, 0.3) is 5.91 Å². The van der Waals surface area contributed by atoms with Crippen molar-refractivity contribution in [2.24, 2.45) is 0 Å². The van der Waals surface area contributed by atoms with Crippen LogP contribution in [-0.4, -0.2) is 32.7 Å². The fourth-order valence-corrected chi connectivity index (χ4v) is 3.42. The van der Waals surface area contributed by atoms with E-state index in [2.05, 4.69) is 0 Å². The van der Waals surface area contributed by atoms with Crippen LogP contribution in [0, 0.1) is 5.82 Å².